The van der Waals surface area contributed by atoms with Crippen molar-refractivity contribution < 1.29 is 8.42 Å². The molecule has 1 aromatic rings. The van der Waals surface area contributed by atoms with Gasteiger partial charge >= 0.3 is 0 Å². The zero-order chi connectivity index (χ0) is 10.3. The van der Waals surface area contributed by atoms with Gasteiger partial charge in [-0.3, -0.25) is 0 Å². The number of hydrogen-bond acceptors (Lipinski definition) is 2. The molecular weight excluding hydrogens is 266 g/mol. The van der Waals surface area contributed by atoms with Crippen molar-refractivity contribution in [2.24, 2.45) is 0 Å². The van der Waals surface area contributed by atoms with Gasteiger partial charge in [-0.2, -0.15) is 4.31 Å². The number of benzene rings is 1. The fraction of sp³-hybridized carbons (Fsp3) is 0.333. The zero-order valence-electron chi connectivity index (χ0n) is 7.70. The molecule has 0 amide bonds. The molecular formula is C9H10BrNO2S. The molecule has 5 heteroatoms. The van der Waals surface area contributed by atoms with E-state index in [1.54, 1.807) is 0 Å². The van der Waals surface area contributed by atoms with Crippen LogP contribution in [0.4, 0.5) is 0 Å². The zero-order valence-corrected chi connectivity index (χ0v) is 10.1. The first-order chi connectivity index (χ1) is 6.48. The van der Waals surface area contributed by atoms with Gasteiger partial charge in [-0.1, -0.05) is 28.1 Å². The second kappa shape index (κ2) is 3.32. The van der Waals surface area contributed by atoms with Crippen LogP contribution in [0.3, 0.4) is 0 Å². The number of fused-ring (bicyclic) bond motifs is 1. The van der Waals surface area contributed by atoms with E-state index in [4.69, 9.17) is 0 Å². The van der Waals surface area contributed by atoms with Gasteiger partial charge in [0.25, 0.3) is 0 Å². The molecule has 1 aliphatic heterocycles. The molecule has 0 atom stereocenters. The Morgan fingerprint density at radius 1 is 1.36 bits per heavy atom. The lowest BCUT2D eigenvalue weighted by atomic mass is 10.1. The molecule has 0 N–H and O–H groups in total. The van der Waals surface area contributed by atoms with E-state index in [0.29, 0.717) is 13.1 Å². The highest BCUT2D eigenvalue weighted by atomic mass is 79.9. The smallest absolute Gasteiger partial charge is 0.211 e. The average molecular weight is 276 g/mol. The summed E-state index contributed by atoms with van der Waals surface area (Å²) >= 11 is 3.42. The molecule has 2 rings (SSSR count). The number of halogens is 1. The van der Waals surface area contributed by atoms with Crippen LogP contribution in [0.15, 0.2) is 22.7 Å². The Labute approximate surface area is 91.9 Å². The molecule has 1 aromatic carbocycles. The summed E-state index contributed by atoms with van der Waals surface area (Å²) < 4.78 is 25.1. The highest BCUT2D eigenvalue weighted by Gasteiger charge is 2.26. The minimum atomic E-state index is -3.07. The first-order valence-corrected chi connectivity index (χ1v) is 6.84. The van der Waals surface area contributed by atoms with Crippen LogP contribution >= 0.6 is 15.9 Å². The van der Waals surface area contributed by atoms with Gasteiger partial charge in [-0.05, 0) is 17.2 Å². The van der Waals surface area contributed by atoms with E-state index in [2.05, 4.69) is 15.9 Å². The summed E-state index contributed by atoms with van der Waals surface area (Å²) in [7, 11) is -3.07. The van der Waals surface area contributed by atoms with Gasteiger partial charge in [0.1, 0.15) is 0 Å². The van der Waals surface area contributed by atoms with Gasteiger partial charge in [-0.15, -0.1) is 0 Å². The number of hydrogen-bond donors (Lipinski definition) is 0. The van der Waals surface area contributed by atoms with Crippen molar-refractivity contribution in [1.29, 1.82) is 0 Å². The van der Waals surface area contributed by atoms with Crippen molar-refractivity contribution in [2.75, 3.05) is 6.26 Å². The molecule has 0 spiro atoms. The molecule has 0 radical (unpaired) electrons. The highest BCUT2D eigenvalue weighted by molar-refractivity contribution is 9.10. The Kier molecular flexibility index (Phi) is 2.41. The molecule has 0 saturated carbocycles. The predicted octanol–water partition coefficient (Wildman–Crippen LogP) is 1.72. The molecule has 0 unspecified atom stereocenters. The standard InChI is InChI=1S/C9H10BrNO2S/c1-14(12,13)11-5-7-3-2-4-9(10)8(7)6-11/h2-4H,5-6H2,1H3. The van der Waals surface area contributed by atoms with Crippen molar-refractivity contribution in [2.45, 2.75) is 13.1 Å². The van der Waals surface area contributed by atoms with Crippen LogP contribution in [0.5, 0.6) is 0 Å². The fourth-order valence-corrected chi connectivity index (χ4v) is 2.86. The molecule has 0 fully saturated rings. The van der Waals surface area contributed by atoms with Crippen LogP contribution in [-0.2, 0) is 23.1 Å². The summed E-state index contributed by atoms with van der Waals surface area (Å²) in [5.74, 6) is 0. The van der Waals surface area contributed by atoms with Crippen molar-refractivity contribution in [1.82, 2.24) is 4.31 Å². The van der Waals surface area contributed by atoms with Crippen LogP contribution in [0, 0.1) is 0 Å². The van der Waals surface area contributed by atoms with Crippen LogP contribution in [0.1, 0.15) is 11.1 Å². The second-order valence-corrected chi connectivity index (χ2v) is 6.25. The molecule has 3 nitrogen and oxygen atoms in total. The van der Waals surface area contributed by atoms with Gasteiger partial charge < -0.3 is 0 Å². The van der Waals surface area contributed by atoms with Crippen molar-refractivity contribution in [3.8, 4) is 0 Å². The monoisotopic (exact) mass is 275 g/mol. The number of rotatable bonds is 1. The molecule has 0 aromatic heterocycles. The van der Waals surface area contributed by atoms with Crippen LogP contribution < -0.4 is 0 Å². The lowest BCUT2D eigenvalue weighted by Gasteiger charge is -2.10. The third kappa shape index (κ3) is 1.71. The summed E-state index contributed by atoms with van der Waals surface area (Å²) in [5, 5.41) is 0. The Hall–Kier alpha value is -0.390. The SMILES string of the molecule is CS(=O)(=O)N1Cc2cccc(Br)c2C1. The van der Waals surface area contributed by atoms with E-state index < -0.39 is 10.0 Å². The third-order valence-electron chi connectivity index (χ3n) is 2.37. The summed E-state index contributed by atoms with van der Waals surface area (Å²) in [5.41, 5.74) is 2.17. The molecule has 0 bridgehead atoms. The van der Waals surface area contributed by atoms with Crippen LogP contribution in [0.25, 0.3) is 0 Å². The molecule has 76 valence electrons. The molecule has 1 aliphatic rings. The maximum Gasteiger partial charge on any atom is 0.211 e. The van der Waals surface area contributed by atoms with Gasteiger partial charge in [0.2, 0.25) is 10.0 Å². The van der Waals surface area contributed by atoms with E-state index in [-0.39, 0.29) is 0 Å². The van der Waals surface area contributed by atoms with Gasteiger partial charge in [0, 0.05) is 17.6 Å². The predicted molar refractivity (Wildman–Crippen MR) is 58.2 cm³/mol. The number of nitrogens with zero attached hydrogens (tertiary/aromatic N) is 1. The molecule has 0 saturated heterocycles. The molecule has 0 aliphatic carbocycles. The summed E-state index contributed by atoms with van der Waals surface area (Å²) in [6.07, 6.45) is 1.24. The molecule has 1 heterocycles. The minimum absolute atomic E-state index is 0.482. The Morgan fingerprint density at radius 2 is 2.07 bits per heavy atom. The van der Waals surface area contributed by atoms with E-state index in [1.807, 2.05) is 18.2 Å². The van der Waals surface area contributed by atoms with Gasteiger partial charge in [0.15, 0.2) is 0 Å². The number of sulfonamides is 1. The maximum absolute atomic E-state index is 11.3. The molecule has 14 heavy (non-hydrogen) atoms. The first kappa shape index (κ1) is 10.1. The highest BCUT2D eigenvalue weighted by Crippen LogP contribution is 2.30. The maximum atomic E-state index is 11.3. The Bertz CT molecular complexity index is 470. The summed E-state index contributed by atoms with van der Waals surface area (Å²) in [6, 6.07) is 5.82. The van der Waals surface area contributed by atoms with Crippen LogP contribution in [0.2, 0.25) is 0 Å². The summed E-state index contributed by atoms with van der Waals surface area (Å²) in [4.78, 5) is 0. The quantitative estimate of drug-likeness (QED) is 0.783. The van der Waals surface area contributed by atoms with E-state index in [1.165, 1.54) is 10.6 Å². The Morgan fingerprint density at radius 3 is 2.64 bits per heavy atom. The van der Waals surface area contributed by atoms with Crippen molar-refractivity contribution in [3.63, 3.8) is 0 Å². The fourth-order valence-electron chi connectivity index (χ4n) is 1.59. The van der Waals surface area contributed by atoms with E-state index in [0.717, 1.165) is 15.6 Å². The Balaban J connectivity index is 2.40. The van der Waals surface area contributed by atoms with Crippen molar-refractivity contribution in [3.05, 3.63) is 33.8 Å². The van der Waals surface area contributed by atoms with Gasteiger partial charge in [-0.25, -0.2) is 8.42 Å². The lowest BCUT2D eigenvalue weighted by Crippen LogP contribution is -2.23. The van der Waals surface area contributed by atoms with Crippen LogP contribution in [-0.4, -0.2) is 19.0 Å². The first-order valence-electron chi connectivity index (χ1n) is 4.20. The second-order valence-electron chi connectivity index (χ2n) is 3.41. The van der Waals surface area contributed by atoms with Gasteiger partial charge in [0.05, 0.1) is 6.26 Å². The normalized spacial score (nSPS) is 17.0. The lowest BCUT2D eigenvalue weighted by molar-refractivity contribution is 0.436. The van der Waals surface area contributed by atoms with Crippen molar-refractivity contribution >= 4 is 26.0 Å². The van der Waals surface area contributed by atoms with E-state index >= 15 is 0 Å². The van der Waals surface area contributed by atoms with E-state index in [9.17, 15) is 8.42 Å². The largest absolute Gasteiger partial charge is 0.212 e. The minimum Gasteiger partial charge on any atom is -0.212 e. The average Bonchev–Trinajstić information content (AvgIpc) is 2.48. The summed E-state index contributed by atoms with van der Waals surface area (Å²) in [6.45, 7) is 0.975. The third-order valence-corrected chi connectivity index (χ3v) is 4.31. The topological polar surface area (TPSA) is 37.4 Å².